The first kappa shape index (κ1) is 20.9. The third-order valence-corrected chi connectivity index (χ3v) is 5.30. The van der Waals surface area contributed by atoms with E-state index in [4.69, 9.17) is 5.14 Å². The summed E-state index contributed by atoms with van der Waals surface area (Å²) >= 11 is 0. The van der Waals surface area contributed by atoms with Crippen molar-refractivity contribution in [1.29, 1.82) is 0 Å². The molecule has 0 fully saturated rings. The average molecular weight is 420 g/mol. The molecule has 0 saturated heterocycles. The quantitative estimate of drug-likeness (QED) is 0.775. The summed E-state index contributed by atoms with van der Waals surface area (Å²) in [6.45, 7) is 1.60. The molecule has 0 radical (unpaired) electrons. The minimum Gasteiger partial charge on any atom is -0.279 e. The van der Waals surface area contributed by atoms with Crippen molar-refractivity contribution in [3.8, 4) is 0 Å². The molecule has 0 atom stereocenters. The molecule has 0 aliphatic heterocycles. The Morgan fingerprint density at radius 1 is 1.04 bits per heavy atom. The van der Waals surface area contributed by atoms with Crippen LogP contribution in [0.5, 0.6) is 0 Å². The van der Waals surface area contributed by atoms with Crippen LogP contribution in [0.25, 0.3) is 6.08 Å². The summed E-state index contributed by atoms with van der Waals surface area (Å²) in [5.41, 5.74) is -0.644. The van der Waals surface area contributed by atoms with Gasteiger partial charge in [-0.25, -0.2) is 22.0 Å². The summed E-state index contributed by atoms with van der Waals surface area (Å²) in [6.07, 6.45) is -3.60. The fraction of sp³-hybridized carbons (Fsp3) is 0.125. The topological polar surface area (TPSA) is 106 Å². The molecule has 2 rings (SSSR count). The molecule has 0 saturated carbocycles. The standard InChI is InChI=1S/C16H15F3N2O4S2/c1-11-5-6-14(15(9-11)27(20,24)25)21-26(22,23)8-7-12-3-2-4-13(10-12)16(17,18)19/h2-10,21H,1H3,(H2,20,24,25)/b8-7+. The van der Waals surface area contributed by atoms with E-state index in [0.29, 0.717) is 11.0 Å². The summed E-state index contributed by atoms with van der Waals surface area (Å²) in [4.78, 5) is -0.418. The summed E-state index contributed by atoms with van der Waals surface area (Å²) in [7, 11) is -8.40. The Kier molecular flexibility index (Phi) is 5.68. The van der Waals surface area contributed by atoms with Gasteiger partial charge in [-0.1, -0.05) is 18.2 Å². The maximum atomic E-state index is 12.7. The van der Waals surface area contributed by atoms with Crippen LogP contribution in [0.3, 0.4) is 0 Å². The minimum atomic E-state index is -4.56. The Labute approximate surface area is 154 Å². The Bertz CT molecular complexity index is 1090. The fourth-order valence-electron chi connectivity index (χ4n) is 2.12. The van der Waals surface area contributed by atoms with E-state index in [0.717, 1.165) is 24.3 Å². The van der Waals surface area contributed by atoms with Crippen LogP contribution in [0.2, 0.25) is 0 Å². The largest absolute Gasteiger partial charge is 0.416 e. The van der Waals surface area contributed by atoms with Crippen molar-refractivity contribution in [2.45, 2.75) is 18.0 Å². The molecule has 6 nitrogen and oxygen atoms in total. The number of hydrogen-bond donors (Lipinski definition) is 2. The highest BCUT2D eigenvalue weighted by molar-refractivity contribution is 7.95. The molecule has 0 aliphatic carbocycles. The van der Waals surface area contributed by atoms with E-state index in [1.165, 1.54) is 24.3 Å². The average Bonchev–Trinajstić information content (AvgIpc) is 2.53. The highest BCUT2D eigenvalue weighted by Gasteiger charge is 2.30. The summed E-state index contributed by atoms with van der Waals surface area (Å²) in [5, 5.41) is 5.71. The van der Waals surface area contributed by atoms with E-state index in [1.807, 2.05) is 4.72 Å². The summed E-state index contributed by atoms with van der Waals surface area (Å²) in [6, 6.07) is 7.98. The van der Waals surface area contributed by atoms with Crippen LogP contribution in [0, 0.1) is 6.92 Å². The molecule has 2 aromatic carbocycles. The van der Waals surface area contributed by atoms with E-state index in [2.05, 4.69) is 0 Å². The number of hydrogen-bond acceptors (Lipinski definition) is 4. The van der Waals surface area contributed by atoms with Crippen molar-refractivity contribution in [2.75, 3.05) is 4.72 Å². The number of nitrogens with one attached hydrogen (secondary N) is 1. The zero-order chi connectivity index (χ0) is 20.5. The van der Waals surface area contributed by atoms with Gasteiger partial charge in [0.05, 0.1) is 16.7 Å². The number of sulfonamides is 2. The van der Waals surface area contributed by atoms with Crippen LogP contribution in [0.1, 0.15) is 16.7 Å². The van der Waals surface area contributed by atoms with Gasteiger partial charge in [0.25, 0.3) is 10.0 Å². The van der Waals surface area contributed by atoms with Crippen molar-refractivity contribution in [1.82, 2.24) is 0 Å². The van der Waals surface area contributed by atoms with Gasteiger partial charge in [0.2, 0.25) is 10.0 Å². The number of halogens is 3. The lowest BCUT2D eigenvalue weighted by Crippen LogP contribution is -2.17. The van der Waals surface area contributed by atoms with Crippen LogP contribution < -0.4 is 9.86 Å². The molecule has 0 amide bonds. The maximum Gasteiger partial charge on any atom is 0.416 e. The lowest BCUT2D eigenvalue weighted by Gasteiger charge is -2.10. The van der Waals surface area contributed by atoms with Gasteiger partial charge >= 0.3 is 6.18 Å². The molecular weight excluding hydrogens is 405 g/mol. The van der Waals surface area contributed by atoms with Crippen molar-refractivity contribution in [3.05, 3.63) is 64.6 Å². The van der Waals surface area contributed by atoms with Crippen LogP contribution in [0.15, 0.2) is 52.8 Å². The first-order chi connectivity index (χ1) is 12.3. The zero-order valence-electron chi connectivity index (χ0n) is 13.9. The van der Waals surface area contributed by atoms with Crippen molar-refractivity contribution >= 4 is 31.8 Å². The normalized spacial score (nSPS) is 13.1. The number of rotatable bonds is 5. The molecular formula is C16H15F3N2O4S2. The third-order valence-electron chi connectivity index (χ3n) is 3.35. The van der Waals surface area contributed by atoms with Gasteiger partial charge in [0, 0.05) is 0 Å². The van der Waals surface area contributed by atoms with Crippen LogP contribution >= 0.6 is 0 Å². The third kappa shape index (κ3) is 5.81. The Balaban J connectivity index is 2.33. The Morgan fingerprint density at radius 2 is 1.70 bits per heavy atom. The summed E-state index contributed by atoms with van der Waals surface area (Å²) < 4.78 is 87.7. The van der Waals surface area contributed by atoms with Gasteiger partial charge in [0.15, 0.2) is 0 Å². The molecule has 0 heterocycles. The number of anilines is 1. The molecule has 0 unspecified atom stereocenters. The molecule has 11 heteroatoms. The fourth-order valence-corrected chi connectivity index (χ4v) is 3.85. The number of nitrogens with two attached hydrogens (primary N) is 1. The first-order valence-corrected chi connectivity index (χ1v) is 10.4. The molecule has 27 heavy (non-hydrogen) atoms. The lowest BCUT2D eigenvalue weighted by atomic mass is 10.1. The van der Waals surface area contributed by atoms with Crippen LogP contribution in [-0.4, -0.2) is 16.8 Å². The predicted molar refractivity (Wildman–Crippen MR) is 95.6 cm³/mol. The van der Waals surface area contributed by atoms with Gasteiger partial charge < -0.3 is 0 Å². The Morgan fingerprint density at radius 3 is 2.30 bits per heavy atom. The number of benzene rings is 2. The summed E-state index contributed by atoms with van der Waals surface area (Å²) in [5.74, 6) is 0. The van der Waals surface area contributed by atoms with Crippen LogP contribution in [-0.2, 0) is 26.2 Å². The molecule has 3 N–H and O–H groups in total. The molecule has 0 spiro atoms. The maximum absolute atomic E-state index is 12.7. The van der Waals surface area contributed by atoms with Crippen molar-refractivity contribution in [3.63, 3.8) is 0 Å². The van der Waals surface area contributed by atoms with E-state index in [-0.39, 0.29) is 11.3 Å². The number of alkyl halides is 3. The van der Waals surface area contributed by atoms with Gasteiger partial charge in [0.1, 0.15) is 4.90 Å². The van der Waals surface area contributed by atoms with Gasteiger partial charge in [-0.3, -0.25) is 4.72 Å². The SMILES string of the molecule is Cc1ccc(NS(=O)(=O)/C=C/c2cccc(C(F)(F)F)c2)c(S(N)(=O)=O)c1. The highest BCUT2D eigenvalue weighted by atomic mass is 32.2. The molecule has 146 valence electrons. The van der Waals surface area contributed by atoms with Gasteiger partial charge in [-0.15, -0.1) is 0 Å². The molecule has 0 aliphatic rings. The first-order valence-electron chi connectivity index (χ1n) is 7.29. The van der Waals surface area contributed by atoms with Crippen molar-refractivity contribution < 1.29 is 30.0 Å². The molecule has 0 aromatic heterocycles. The Hall–Kier alpha value is -2.37. The van der Waals surface area contributed by atoms with E-state index < -0.39 is 36.7 Å². The van der Waals surface area contributed by atoms with E-state index >= 15 is 0 Å². The van der Waals surface area contributed by atoms with Gasteiger partial charge in [-0.05, 0) is 48.4 Å². The second-order valence-electron chi connectivity index (χ2n) is 5.62. The molecule has 2 aromatic rings. The van der Waals surface area contributed by atoms with E-state index in [9.17, 15) is 30.0 Å². The minimum absolute atomic E-state index is 0.00535. The predicted octanol–water partition coefficient (Wildman–Crippen LogP) is 3.07. The van der Waals surface area contributed by atoms with Gasteiger partial charge in [-0.2, -0.15) is 13.2 Å². The second-order valence-corrected chi connectivity index (χ2v) is 8.71. The highest BCUT2D eigenvalue weighted by Crippen LogP contribution is 2.30. The van der Waals surface area contributed by atoms with E-state index in [1.54, 1.807) is 6.92 Å². The zero-order valence-corrected chi connectivity index (χ0v) is 15.5. The number of aryl methyl sites for hydroxylation is 1. The monoisotopic (exact) mass is 420 g/mol. The number of primary sulfonamides is 1. The second kappa shape index (κ2) is 7.33. The molecule has 0 bridgehead atoms. The lowest BCUT2D eigenvalue weighted by molar-refractivity contribution is -0.137. The smallest absolute Gasteiger partial charge is 0.279 e. The van der Waals surface area contributed by atoms with Crippen molar-refractivity contribution in [2.24, 2.45) is 5.14 Å². The van der Waals surface area contributed by atoms with Crippen LogP contribution in [0.4, 0.5) is 18.9 Å².